The Morgan fingerprint density at radius 2 is 1.70 bits per heavy atom. The maximum absolute atomic E-state index is 12.4. The first kappa shape index (κ1) is 15.8. The number of benzene rings is 2. The van der Waals surface area contributed by atoms with Crippen molar-refractivity contribution in [2.24, 2.45) is 0 Å². The van der Waals surface area contributed by atoms with E-state index in [1.807, 2.05) is 42.5 Å². The van der Waals surface area contributed by atoms with Gasteiger partial charge in [-0.25, -0.2) is 0 Å². The van der Waals surface area contributed by atoms with Crippen molar-refractivity contribution in [3.05, 3.63) is 75.7 Å². The van der Waals surface area contributed by atoms with Crippen LogP contribution < -0.4 is 0 Å². The van der Waals surface area contributed by atoms with Gasteiger partial charge in [-0.3, -0.25) is 14.5 Å². The zero-order valence-corrected chi connectivity index (χ0v) is 13.8. The number of halogens is 1. The highest BCUT2D eigenvalue weighted by molar-refractivity contribution is 8.18. The molecule has 0 N–H and O–H groups in total. The van der Waals surface area contributed by atoms with Gasteiger partial charge in [-0.05, 0) is 47.5 Å². The number of rotatable bonds is 4. The number of thioether (sulfide) groups is 1. The van der Waals surface area contributed by atoms with Crippen LogP contribution in [0.1, 0.15) is 11.1 Å². The van der Waals surface area contributed by atoms with Crippen molar-refractivity contribution in [1.82, 2.24) is 4.90 Å². The first-order valence-corrected chi connectivity index (χ1v) is 8.38. The van der Waals surface area contributed by atoms with Crippen LogP contribution >= 0.6 is 23.4 Å². The van der Waals surface area contributed by atoms with Gasteiger partial charge in [0.05, 0.1) is 4.91 Å². The van der Waals surface area contributed by atoms with Crippen molar-refractivity contribution in [3.63, 3.8) is 0 Å². The normalized spacial score (nSPS) is 16.4. The third kappa shape index (κ3) is 3.84. The fourth-order valence-electron chi connectivity index (χ4n) is 2.29. The van der Waals surface area contributed by atoms with Crippen molar-refractivity contribution in [2.75, 3.05) is 6.54 Å². The largest absolute Gasteiger partial charge is 0.293 e. The van der Waals surface area contributed by atoms with Crippen LogP contribution in [-0.4, -0.2) is 22.6 Å². The molecule has 0 aromatic heterocycles. The SMILES string of the molecule is O=C1S/C(=C\c2ccc(Cl)cc2)C(=O)N1CCc1ccccc1. The quantitative estimate of drug-likeness (QED) is 0.760. The summed E-state index contributed by atoms with van der Waals surface area (Å²) in [5, 5.41) is 0.421. The lowest BCUT2D eigenvalue weighted by molar-refractivity contribution is -0.122. The average molecular weight is 344 g/mol. The highest BCUT2D eigenvalue weighted by Crippen LogP contribution is 2.32. The summed E-state index contributed by atoms with van der Waals surface area (Å²) in [7, 11) is 0. The molecule has 1 heterocycles. The van der Waals surface area contributed by atoms with Gasteiger partial charge in [-0.1, -0.05) is 54.1 Å². The van der Waals surface area contributed by atoms with Gasteiger partial charge in [0, 0.05) is 11.6 Å². The molecule has 1 aliphatic rings. The number of carbonyl (C=O) groups excluding carboxylic acids is 2. The summed E-state index contributed by atoms with van der Waals surface area (Å²) in [6, 6.07) is 17.0. The molecule has 116 valence electrons. The molecule has 5 heteroatoms. The Labute approximate surface area is 143 Å². The van der Waals surface area contributed by atoms with Gasteiger partial charge >= 0.3 is 0 Å². The molecule has 1 aliphatic heterocycles. The van der Waals surface area contributed by atoms with E-state index in [4.69, 9.17) is 11.6 Å². The molecular weight excluding hydrogens is 330 g/mol. The average Bonchev–Trinajstić information content (AvgIpc) is 2.82. The van der Waals surface area contributed by atoms with Crippen LogP contribution in [-0.2, 0) is 11.2 Å². The molecule has 0 saturated carbocycles. The van der Waals surface area contributed by atoms with Crippen LogP contribution in [0.5, 0.6) is 0 Å². The van der Waals surface area contributed by atoms with Crippen LogP contribution in [0.25, 0.3) is 6.08 Å². The van der Waals surface area contributed by atoms with E-state index in [-0.39, 0.29) is 11.1 Å². The number of imide groups is 1. The van der Waals surface area contributed by atoms with Gasteiger partial charge in [0.15, 0.2) is 0 Å². The zero-order chi connectivity index (χ0) is 16.2. The Bertz CT molecular complexity index is 756. The molecule has 0 spiro atoms. The van der Waals surface area contributed by atoms with E-state index in [9.17, 15) is 9.59 Å². The van der Waals surface area contributed by atoms with Crippen LogP contribution in [0.15, 0.2) is 59.5 Å². The van der Waals surface area contributed by atoms with Gasteiger partial charge in [-0.2, -0.15) is 0 Å². The minimum absolute atomic E-state index is 0.217. The number of amides is 2. The molecule has 0 unspecified atom stereocenters. The molecule has 3 rings (SSSR count). The lowest BCUT2D eigenvalue weighted by Gasteiger charge is -2.12. The summed E-state index contributed by atoms with van der Waals surface area (Å²) in [4.78, 5) is 26.2. The fraction of sp³-hybridized carbons (Fsp3) is 0.111. The van der Waals surface area contributed by atoms with Crippen LogP contribution in [0.2, 0.25) is 5.02 Å². The third-order valence-corrected chi connectivity index (χ3v) is 4.67. The predicted molar refractivity (Wildman–Crippen MR) is 94.3 cm³/mol. The summed E-state index contributed by atoms with van der Waals surface area (Å²) < 4.78 is 0. The molecule has 0 radical (unpaired) electrons. The Kier molecular flexibility index (Phi) is 4.84. The maximum atomic E-state index is 12.4. The van der Waals surface area contributed by atoms with Crippen LogP contribution in [0.4, 0.5) is 4.79 Å². The van der Waals surface area contributed by atoms with Crippen molar-refractivity contribution < 1.29 is 9.59 Å². The molecule has 2 aromatic rings. The van der Waals surface area contributed by atoms with Gasteiger partial charge in [0.25, 0.3) is 11.1 Å². The first-order chi connectivity index (χ1) is 11.1. The fourth-order valence-corrected chi connectivity index (χ4v) is 3.28. The molecule has 3 nitrogen and oxygen atoms in total. The summed E-state index contributed by atoms with van der Waals surface area (Å²) in [6.07, 6.45) is 2.39. The third-order valence-electron chi connectivity index (χ3n) is 3.51. The highest BCUT2D eigenvalue weighted by atomic mass is 35.5. The Morgan fingerprint density at radius 1 is 1.00 bits per heavy atom. The summed E-state index contributed by atoms with van der Waals surface area (Å²) in [6.45, 7) is 0.395. The molecular formula is C18H14ClNO2S. The predicted octanol–water partition coefficient (Wildman–Crippen LogP) is 4.62. The second-order valence-electron chi connectivity index (χ2n) is 5.12. The van der Waals surface area contributed by atoms with Gasteiger partial charge in [0.2, 0.25) is 0 Å². The molecule has 0 aliphatic carbocycles. The number of hydrogen-bond donors (Lipinski definition) is 0. The molecule has 0 atom stereocenters. The minimum Gasteiger partial charge on any atom is -0.268 e. The minimum atomic E-state index is -0.231. The van der Waals surface area contributed by atoms with E-state index in [0.29, 0.717) is 22.9 Å². The highest BCUT2D eigenvalue weighted by Gasteiger charge is 2.34. The Hall–Kier alpha value is -2.04. The lowest BCUT2D eigenvalue weighted by atomic mass is 10.1. The monoisotopic (exact) mass is 343 g/mol. The van der Waals surface area contributed by atoms with Crippen LogP contribution in [0, 0.1) is 0 Å². The van der Waals surface area contributed by atoms with E-state index < -0.39 is 0 Å². The molecule has 1 fully saturated rings. The first-order valence-electron chi connectivity index (χ1n) is 7.18. The molecule has 2 aromatic carbocycles. The lowest BCUT2D eigenvalue weighted by Crippen LogP contribution is -2.30. The standard InChI is InChI=1S/C18H14ClNO2S/c19-15-8-6-14(7-9-15)12-16-17(21)20(18(22)23-16)11-10-13-4-2-1-3-5-13/h1-9,12H,10-11H2/b16-12-. The van der Waals surface area contributed by atoms with E-state index >= 15 is 0 Å². The number of nitrogens with zero attached hydrogens (tertiary/aromatic N) is 1. The van der Waals surface area contributed by atoms with Crippen LogP contribution in [0.3, 0.4) is 0 Å². The van der Waals surface area contributed by atoms with Gasteiger partial charge < -0.3 is 0 Å². The van der Waals surface area contributed by atoms with Crippen molar-refractivity contribution in [2.45, 2.75) is 6.42 Å². The van der Waals surface area contributed by atoms with E-state index in [2.05, 4.69) is 0 Å². The summed E-state index contributed by atoms with van der Waals surface area (Å²) in [5.74, 6) is -0.231. The van der Waals surface area contributed by atoms with Gasteiger partial charge in [0.1, 0.15) is 0 Å². The van der Waals surface area contributed by atoms with E-state index in [1.165, 1.54) is 4.90 Å². The van der Waals surface area contributed by atoms with Crippen molar-refractivity contribution >= 4 is 40.6 Å². The second kappa shape index (κ2) is 7.02. The van der Waals surface area contributed by atoms with E-state index in [1.54, 1.807) is 18.2 Å². The zero-order valence-electron chi connectivity index (χ0n) is 12.2. The Morgan fingerprint density at radius 3 is 2.39 bits per heavy atom. The van der Waals surface area contributed by atoms with Crippen molar-refractivity contribution in [3.8, 4) is 0 Å². The topological polar surface area (TPSA) is 37.4 Å². The second-order valence-corrected chi connectivity index (χ2v) is 6.55. The molecule has 23 heavy (non-hydrogen) atoms. The maximum Gasteiger partial charge on any atom is 0.293 e. The smallest absolute Gasteiger partial charge is 0.268 e. The molecule has 1 saturated heterocycles. The number of carbonyl (C=O) groups is 2. The van der Waals surface area contributed by atoms with Gasteiger partial charge in [-0.15, -0.1) is 0 Å². The summed E-state index contributed by atoms with van der Waals surface area (Å²) in [5.41, 5.74) is 1.95. The summed E-state index contributed by atoms with van der Waals surface area (Å²) >= 11 is 6.83. The van der Waals surface area contributed by atoms with E-state index in [0.717, 1.165) is 22.9 Å². The Balaban J connectivity index is 1.71. The molecule has 0 bridgehead atoms. The number of hydrogen-bond acceptors (Lipinski definition) is 3. The van der Waals surface area contributed by atoms with Crippen molar-refractivity contribution in [1.29, 1.82) is 0 Å². The molecule has 2 amide bonds.